The van der Waals surface area contributed by atoms with Gasteiger partial charge >= 0.3 is 0 Å². The highest BCUT2D eigenvalue weighted by Crippen LogP contribution is 2.30. The van der Waals surface area contributed by atoms with Crippen LogP contribution < -0.4 is 11.1 Å². The highest BCUT2D eigenvalue weighted by molar-refractivity contribution is 7.89. The molecule has 210 valence electrons. The molecular weight excluding hydrogens is 534 g/mol. The summed E-state index contributed by atoms with van der Waals surface area (Å²) < 4.78 is 55.5. The molecule has 38 heavy (non-hydrogen) atoms. The number of thiazole rings is 1. The minimum Gasteiger partial charge on any atom is -0.382 e. The number of ketones is 1. The van der Waals surface area contributed by atoms with Gasteiger partial charge in [-0.25, -0.2) is 26.5 Å². The molecular formula is C25H36F2N6O3S2. The molecule has 2 aliphatic rings. The van der Waals surface area contributed by atoms with Gasteiger partial charge in [-0.1, -0.05) is 17.4 Å². The number of nitrogens with zero attached hydrogens (tertiary/aromatic N) is 4. The first-order chi connectivity index (χ1) is 18.0. The second kappa shape index (κ2) is 12.3. The number of nitrogen functional groups attached to an aromatic ring is 1. The number of anilines is 2. The van der Waals surface area contributed by atoms with Crippen LogP contribution in [0.3, 0.4) is 0 Å². The van der Waals surface area contributed by atoms with Crippen LogP contribution in [-0.4, -0.2) is 97.9 Å². The number of nitrogens with two attached hydrogens (primary N) is 1. The minimum atomic E-state index is -3.34. The van der Waals surface area contributed by atoms with Crippen molar-refractivity contribution in [3.05, 3.63) is 40.3 Å². The predicted octanol–water partition coefficient (Wildman–Crippen LogP) is 2.86. The smallest absolute Gasteiger partial charge is 0.214 e. The minimum absolute atomic E-state index is 0.0394. The summed E-state index contributed by atoms with van der Waals surface area (Å²) in [5, 5.41) is 3.57. The second-order valence-electron chi connectivity index (χ2n) is 10.2. The maximum Gasteiger partial charge on any atom is 0.214 e. The molecule has 1 aromatic carbocycles. The molecule has 0 saturated carbocycles. The normalized spacial score (nSPS) is 18.8. The third-order valence-corrected chi connectivity index (χ3v) is 10.3. The van der Waals surface area contributed by atoms with Crippen molar-refractivity contribution in [2.45, 2.75) is 44.2 Å². The number of nitrogens with one attached hydrogen (secondary N) is 1. The summed E-state index contributed by atoms with van der Waals surface area (Å²) in [5.74, 6) is -2.73. The van der Waals surface area contributed by atoms with Gasteiger partial charge in [0.2, 0.25) is 15.8 Å². The predicted molar refractivity (Wildman–Crippen MR) is 146 cm³/mol. The summed E-state index contributed by atoms with van der Waals surface area (Å²) in [7, 11) is 0.872. The Bertz CT molecular complexity index is 1200. The zero-order valence-electron chi connectivity index (χ0n) is 21.8. The van der Waals surface area contributed by atoms with Crippen LogP contribution in [-0.2, 0) is 10.0 Å². The topological polar surface area (TPSA) is 112 Å². The number of aromatic nitrogens is 1. The van der Waals surface area contributed by atoms with Crippen LogP contribution in [0.1, 0.15) is 47.3 Å². The number of halogens is 2. The average Bonchev–Trinajstić information content (AvgIpc) is 3.24. The molecule has 0 aliphatic carbocycles. The fraction of sp³-hybridized carbons (Fsp3) is 0.600. The summed E-state index contributed by atoms with van der Waals surface area (Å²) in [5.41, 5.74) is 5.22. The molecule has 0 unspecified atom stereocenters. The fourth-order valence-electron chi connectivity index (χ4n) is 5.10. The lowest BCUT2D eigenvalue weighted by Gasteiger charge is -2.35. The molecule has 0 atom stereocenters. The average molecular weight is 571 g/mol. The van der Waals surface area contributed by atoms with Gasteiger partial charge in [-0.05, 0) is 78.0 Å². The fourth-order valence-corrected chi connectivity index (χ4v) is 7.52. The Morgan fingerprint density at radius 1 is 1.13 bits per heavy atom. The van der Waals surface area contributed by atoms with Crippen LogP contribution in [0, 0.1) is 11.6 Å². The van der Waals surface area contributed by atoms with Gasteiger partial charge in [-0.3, -0.25) is 4.79 Å². The number of hydrogen-bond donors (Lipinski definition) is 2. The number of benzene rings is 1. The molecule has 0 spiro atoms. The van der Waals surface area contributed by atoms with E-state index in [1.807, 2.05) is 0 Å². The molecule has 0 bridgehead atoms. The van der Waals surface area contributed by atoms with Gasteiger partial charge < -0.3 is 20.9 Å². The van der Waals surface area contributed by atoms with Crippen LogP contribution in [0.15, 0.2) is 18.2 Å². The SMILES string of the molecule is CN(C)C1CCN(CCCS(=O)(=O)N2CCC(Nc3nc(N)c(C(=O)c4c(F)cccc4F)s3)CC2)CC1. The molecule has 13 heteroatoms. The molecule has 2 aliphatic heterocycles. The summed E-state index contributed by atoms with van der Waals surface area (Å²) in [6, 6.07) is 3.77. The monoisotopic (exact) mass is 570 g/mol. The third-order valence-electron chi connectivity index (χ3n) is 7.39. The zero-order valence-corrected chi connectivity index (χ0v) is 23.5. The summed E-state index contributed by atoms with van der Waals surface area (Å²) in [6.07, 6.45) is 3.98. The van der Waals surface area contributed by atoms with E-state index in [1.165, 1.54) is 6.07 Å². The molecule has 4 rings (SSSR count). The molecule has 3 N–H and O–H groups in total. The lowest BCUT2D eigenvalue weighted by Crippen LogP contribution is -2.44. The van der Waals surface area contributed by atoms with Crippen molar-refractivity contribution in [1.82, 2.24) is 19.1 Å². The van der Waals surface area contributed by atoms with Crippen molar-refractivity contribution in [3.8, 4) is 0 Å². The van der Waals surface area contributed by atoms with E-state index in [0.717, 1.165) is 55.9 Å². The van der Waals surface area contributed by atoms with Gasteiger partial charge in [0.25, 0.3) is 0 Å². The van der Waals surface area contributed by atoms with Gasteiger partial charge in [-0.2, -0.15) is 0 Å². The van der Waals surface area contributed by atoms with Gasteiger partial charge in [0, 0.05) is 25.2 Å². The van der Waals surface area contributed by atoms with E-state index in [1.54, 1.807) is 4.31 Å². The molecule has 2 saturated heterocycles. The van der Waals surface area contributed by atoms with Gasteiger partial charge in [0.1, 0.15) is 22.3 Å². The van der Waals surface area contributed by atoms with Gasteiger partial charge in [-0.15, -0.1) is 0 Å². The number of carbonyl (C=O) groups excluding carboxylic acids is 1. The standard InChI is InChI=1S/C25H36F2N6O3S2/c1-31(2)18-9-12-32(13-10-18)11-4-16-38(35,36)33-14-7-17(8-15-33)29-25-30-24(28)23(37-25)22(34)21-19(26)5-3-6-20(21)27/h3,5-6,17-18H,4,7-16,28H2,1-2H3,(H,29,30). The van der Waals surface area contributed by atoms with E-state index in [-0.39, 0.29) is 22.5 Å². The number of hydrogen-bond acceptors (Lipinski definition) is 9. The molecule has 9 nitrogen and oxygen atoms in total. The molecule has 2 fully saturated rings. The van der Waals surface area contributed by atoms with E-state index in [2.05, 4.69) is 34.2 Å². The first-order valence-electron chi connectivity index (χ1n) is 12.9. The molecule has 1 aromatic heterocycles. The lowest BCUT2D eigenvalue weighted by molar-refractivity contribution is 0.103. The highest BCUT2D eigenvalue weighted by Gasteiger charge is 2.30. The maximum absolute atomic E-state index is 14.1. The Balaban J connectivity index is 1.25. The Morgan fingerprint density at radius 3 is 2.37 bits per heavy atom. The number of carbonyl (C=O) groups is 1. The zero-order chi connectivity index (χ0) is 27.4. The molecule has 2 aromatic rings. The highest BCUT2D eigenvalue weighted by atomic mass is 32.2. The Hall–Kier alpha value is -2.19. The first-order valence-corrected chi connectivity index (χ1v) is 15.4. The quantitative estimate of drug-likeness (QED) is 0.420. The van der Waals surface area contributed by atoms with Crippen molar-refractivity contribution >= 4 is 38.1 Å². The summed E-state index contributed by atoms with van der Waals surface area (Å²) >= 11 is 0.937. The van der Waals surface area contributed by atoms with E-state index in [9.17, 15) is 22.0 Å². The van der Waals surface area contributed by atoms with Crippen LogP contribution in [0.4, 0.5) is 19.7 Å². The maximum atomic E-state index is 14.1. The summed E-state index contributed by atoms with van der Waals surface area (Å²) in [6.45, 7) is 3.58. The Kier molecular flexibility index (Phi) is 9.35. The molecule has 3 heterocycles. The lowest BCUT2D eigenvalue weighted by atomic mass is 10.0. The number of piperidine rings is 2. The van der Waals surface area contributed by atoms with Crippen LogP contribution in [0.2, 0.25) is 0 Å². The number of sulfonamides is 1. The van der Waals surface area contributed by atoms with Gasteiger partial charge in [0.05, 0.1) is 11.3 Å². The Morgan fingerprint density at radius 2 is 1.76 bits per heavy atom. The van der Waals surface area contributed by atoms with Crippen molar-refractivity contribution < 1.29 is 22.0 Å². The van der Waals surface area contributed by atoms with E-state index in [0.29, 0.717) is 43.5 Å². The van der Waals surface area contributed by atoms with Crippen molar-refractivity contribution in [2.24, 2.45) is 0 Å². The number of likely N-dealkylation sites (tertiary alicyclic amines) is 1. The van der Waals surface area contributed by atoms with Crippen molar-refractivity contribution in [1.29, 1.82) is 0 Å². The van der Waals surface area contributed by atoms with E-state index >= 15 is 0 Å². The first kappa shape index (κ1) is 28.8. The Labute approximate surface area is 227 Å². The van der Waals surface area contributed by atoms with E-state index in [4.69, 9.17) is 5.73 Å². The third kappa shape index (κ3) is 6.87. The number of rotatable bonds is 10. The van der Waals surface area contributed by atoms with Crippen molar-refractivity contribution in [2.75, 3.05) is 63.6 Å². The second-order valence-corrected chi connectivity index (χ2v) is 13.3. The van der Waals surface area contributed by atoms with Crippen LogP contribution >= 0.6 is 11.3 Å². The van der Waals surface area contributed by atoms with E-state index < -0.39 is 33.0 Å². The van der Waals surface area contributed by atoms with Crippen LogP contribution in [0.25, 0.3) is 0 Å². The molecule has 0 amide bonds. The van der Waals surface area contributed by atoms with Crippen molar-refractivity contribution in [3.63, 3.8) is 0 Å². The van der Waals surface area contributed by atoms with Gasteiger partial charge in [0.15, 0.2) is 5.13 Å². The largest absolute Gasteiger partial charge is 0.382 e. The van der Waals surface area contributed by atoms with Crippen LogP contribution in [0.5, 0.6) is 0 Å². The molecule has 0 radical (unpaired) electrons. The summed E-state index contributed by atoms with van der Waals surface area (Å²) in [4.78, 5) is 21.4.